The molecule has 1 heterocycles. The Labute approximate surface area is 164 Å². The van der Waals surface area contributed by atoms with Crippen molar-refractivity contribution in [1.29, 1.82) is 0 Å². The second kappa shape index (κ2) is 8.15. The number of nitrogens with zero attached hydrogens (tertiary/aromatic N) is 1. The summed E-state index contributed by atoms with van der Waals surface area (Å²) < 4.78 is 28.1. The van der Waals surface area contributed by atoms with Crippen LogP contribution in [0.15, 0.2) is 47.4 Å². The number of halogens is 2. The lowest BCUT2D eigenvalue weighted by Crippen LogP contribution is -2.44. The number of hydrogen-bond acceptors (Lipinski definition) is 4. The number of likely N-dealkylation sites (tertiary alicyclic amines) is 1. The molecule has 3 N–H and O–H groups in total. The second-order valence-electron chi connectivity index (χ2n) is 6.46. The van der Waals surface area contributed by atoms with Crippen molar-refractivity contribution in [3.8, 4) is 0 Å². The normalized spacial score (nSPS) is 16.7. The van der Waals surface area contributed by atoms with Gasteiger partial charge in [-0.25, -0.2) is 13.1 Å². The number of nitrogens with one attached hydrogen (secondary N) is 1. The summed E-state index contributed by atoms with van der Waals surface area (Å²) in [5.41, 5.74) is 7.13. The summed E-state index contributed by atoms with van der Waals surface area (Å²) in [4.78, 5) is 2.22. The molecule has 0 radical (unpaired) electrons. The lowest BCUT2D eigenvalue weighted by Gasteiger charge is -2.32. The Balaban J connectivity index is 1.62. The molecule has 0 saturated carbocycles. The van der Waals surface area contributed by atoms with Crippen LogP contribution in [0.2, 0.25) is 10.0 Å². The lowest BCUT2D eigenvalue weighted by atomic mass is 10.1. The average molecular weight is 414 g/mol. The number of nitrogens with two attached hydrogens (primary N) is 1. The van der Waals surface area contributed by atoms with E-state index in [1.807, 2.05) is 18.2 Å². The number of sulfonamides is 1. The van der Waals surface area contributed by atoms with Crippen molar-refractivity contribution in [2.75, 3.05) is 18.8 Å². The lowest BCUT2D eigenvalue weighted by molar-refractivity contribution is 0.200. The van der Waals surface area contributed by atoms with E-state index < -0.39 is 10.0 Å². The third-order valence-corrected chi connectivity index (χ3v) is 6.73. The van der Waals surface area contributed by atoms with Gasteiger partial charge in [-0.15, -0.1) is 0 Å². The second-order valence-corrected chi connectivity index (χ2v) is 8.96. The Kier molecular flexibility index (Phi) is 6.10. The highest BCUT2D eigenvalue weighted by molar-refractivity contribution is 7.89. The Morgan fingerprint density at radius 1 is 1.12 bits per heavy atom. The first-order valence-electron chi connectivity index (χ1n) is 8.38. The van der Waals surface area contributed by atoms with Crippen LogP contribution >= 0.6 is 23.2 Å². The third-order valence-electron chi connectivity index (χ3n) is 4.46. The Bertz CT molecular complexity index is 844. The van der Waals surface area contributed by atoms with E-state index in [9.17, 15) is 8.42 Å². The molecule has 3 rings (SSSR count). The fourth-order valence-corrected chi connectivity index (χ4v) is 5.48. The number of nitrogen functional groups attached to an aromatic ring is 1. The molecule has 1 fully saturated rings. The fraction of sp³-hybridized carbons (Fsp3) is 0.333. The maximum Gasteiger partial charge on any atom is 0.244 e. The minimum Gasteiger partial charge on any atom is -0.398 e. The fourth-order valence-electron chi connectivity index (χ4n) is 3.19. The topological polar surface area (TPSA) is 75.4 Å². The first-order chi connectivity index (χ1) is 12.3. The smallest absolute Gasteiger partial charge is 0.244 e. The first-order valence-corrected chi connectivity index (χ1v) is 10.6. The van der Waals surface area contributed by atoms with Crippen LogP contribution in [-0.4, -0.2) is 32.4 Å². The van der Waals surface area contributed by atoms with E-state index >= 15 is 0 Å². The van der Waals surface area contributed by atoms with Crippen LogP contribution in [0.3, 0.4) is 0 Å². The molecule has 140 valence electrons. The van der Waals surface area contributed by atoms with Gasteiger partial charge in [0, 0.05) is 30.7 Å². The van der Waals surface area contributed by atoms with Crippen molar-refractivity contribution in [2.24, 2.45) is 0 Å². The Morgan fingerprint density at radius 3 is 2.38 bits per heavy atom. The molecule has 2 aromatic rings. The van der Waals surface area contributed by atoms with Gasteiger partial charge in [-0.2, -0.15) is 0 Å². The van der Waals surface area contributed by atoms with Crippen molar-refractivity contribution in [3.63, 3.8) is 0 Å². The third kappa shape index (κ3) is 4.69. The molecule has 1 saturated heterocycles. The highest BCUT2D eigenvalue weighted by Gasteiger charge is 2.28. The summed E-state index contributed by atoms with van der Waals surface area (Å²) in [5.74, 6) is 0. The average Bonchev–Trinajstić information content (AvgIpc) is 2.56. The SMILES string of the molecule is Nc1cc(Cl)cc(Cl)c1S(=O)(=O)NC1CCN(Cc2ccccc2)CC1. The molecule has 1 aliphatic heterocycles. The van der Waals surface area contributed by atoms with Crippen LogP contribution in [0.1, 0.15) is 18.4 Å². The number of piperidine rings is 1. The molecule has 0 amide bonds. The predicted molar refractivity (Wildman–Crippen MR) is 106 cm³/mol. The molecular formula is C18H21Cl2N3O2S. The molecule has 0 atom stereocenters. The summed E-state index contributed by atoms with van der Waals surface area (Å²) in [6.07, 6.45) is 1.47. The van der Waals surface area contributed by atoms with Crippen molar-refractivity contribution >= 4 is 38.9 Å². The highest BCUT2D eigenvalue weighted by atomic mass is 35.5. The molecule has 0 spiro atoms. The monoisotopic (exact) mass is 413 g/mol. The molecule has 0 aliphatic carbocycles. The summed E-state index contributed by atoms with van der Waals surface area (Å²) in [5, 5.41) is 0.338. The van der Waals surface area contributed by atoms with Crippen molar-refractivity contribution in [1.82, 2.24) is 9.62 Å². The van der Waals surface area contributed by atoms with Crippen LogP contribution in [0.5, 0.6) is 0 Å². The van der Waals surface area contributed by atoms with Gasteiger partial charge in [0.05, 0.1) is 10.7 Å². The number of anilines is 1. The largest absolute Gasteiger partial charge is 0.398 e. The van der Waals surface area contributed by atoms with Crippen LogP contribution in [0.25, 0.3) is 0 Å². The van der Waals surface area contributed by atoms with Gasteiger partial charge >= 0.3 is 0 Å². The summed E-state index contributed by atoms with van der Waals surface area (Å²) in [7, 11) is -3.80. The van der Waals surface area contributed by atoms with Crippen molar-refractivity contribution in [3.05, 3.63) is 58.1 Å². The predicted octanol–water partition coefficient (Wildman–Crippen LogP) is 3.52. The zero-order valence-corrected chi connectivity index (χ0v) is 16.5. The molecule has 2 aromatic carbocycles. The van der Waals surface area contributed by atoms with Gasteiger partial charge in [0.1, 0.15) is 4.90 Å². The van der Waals surface area contributed by atoms with Gasteiger partial charge in [-0.3, -0.25) is 4.90 Å². The van der Waals surface area contributed by atoms with Gasteiger partial charge in [0.15, 0.2) is 0 Å². The van der Waals surface area contributed by atoms with E-state index in [-0.39, 0.29) is 21.6 Å². The maximum atomic E-state index is 12.7. The van der Waals surface area contributed by atoms with Gasteiger partial charge < -0.3 is 5.73 Å². The standard InChI is InChI=1S/C18H21Cl2N3O2S/c19-14-10-16(20)18(17(21)11-14)26(24,25)22-15-6-8-23(9-7-15)12-13-4-2-1-3-5-13/h1-5,10-11,15,22H,6-9,12,21H2. The van der Waals surface area contributed by atoms with E-state index in [0.29, 0.717) is 5.02 Å². The van der Waals surface area contributed by atoms with Gasteiger partial charge in [-0.05, 0) is 30.5 Å². The quantitative estimate of drug-likeness (QED) is 0.735. The van der Waals surface area contributed by atoms with E-state index in [1.54, 1.807) is 0 Å². The molecule has 1 aliphatic rings. The van der Waals surface area contributed by atoms with Crippen LogP contribution < -0.4 is 10.5 Å². The van der Waals surface area contributed by atoms with E-state index in [1.165, 1.54) is 17.7 Å². The van der Waals surface area contributed by atoms with E-state index in [2.05, 4.69) is 21.8 Å². The van der Waals surface area contributed by atoms with Crippen molar-refractivity contribution in [2.45, 2.75) is 30.3 Å². The molecule has 0 unspecified atom stereocenters. The van der Waals surface area contributed by atoms with Gasteiger partial charge in [0.2, 0.25) is 10.0 Å². The van der Waals surface area contributed by atoms with E-state index in [4.69, 9.17) is 28.9 Å². The molecule has 8 heteroatoms. The zero-order valence-electron chi connectivity index (χ0n) is 14.2. The van der Waals surface area contributed by atoms with Crippen LogP contribution in [0.4, 0.5) is 5.69 Å². The number of rotatable bonds is 5. The van der Waals surface area contributed by atoms with Gasteiger partial charge in [-0.1, -0.05) is 53.5 Å². The molecular weight excluding hydrogens is 393 g/mol. The molecule has 5 nitrogen and oxygen atoms in total. The maximum absolute atomic E-state index is 12.7. The van der Waals surface area contributed by atoms with Crippen LogP contribution in [-0.2, 0) is 16.6 Å². The minimum atomic E-state index is -3.80. The van der Waals surface area contributed by atoms with Gasteiger partial charge in [0.25, 0.3) is 0 Å². The van der Waals surface area contributed by atoms with E-state index in [0.717, 1.165) is 32.5 Å². The summed E-state index contributed by atoms with van der Waals surface area (Å²) in [6, 6.07) is 12.9. The Morgan fingerprint density at radius 2 is 1.77 bits per heavy atom. The summed E-state index contributed by atoms with van der Waals surface area (Å²) >= 11 is 11.9. The number of hydrogen-bond donors (Lipinski definition) is 2. The highest BCUT2D eigenvalue weighted by Crippen LogP contribution is 2.31. The molecule has 0 aromatic heterocycles. The zero-order chi connectivity index (χ0) is 18.7. The molecule has 26 heavy (non-hydrogen) atoms. The number of benzene rings is 2. The molecule has 0 bridgehead atoms. The summed E-state index contributed by atoms with van der Waals surface area (Å²) in [6.45, 7) is 2.52. The Hall–Kier alpha value is -1.31. The minimum absolute atomic E-state index is 0.0315. The first kappa shape index (κ1) is 19.5. The van der Waals surface area contributed by atoms with Crippen LogP contribution in [0, 0.1) is 0 Å². The van der Waals surface area contributed by atoms with Crippen molar-refractivity contribution < 1.29 is 8.42 Å².